The molecule has 3 rings (SSSR count). The maximum absolute atomic E-state index is 11.8. The number of hydrogen-bond donors (Lipinski definition) is 1. The van der Waals surface area contributed by atoms with Crippen molar-refractivity contribution in [2.45, 2.75) is 11.0 Å². The van der Waals surface area contributed by atoms with Crippen LogP contribution in [0.25, 0.3) is 10.8 Å². The largest absolute Gasteiger partial charge is 0.398 e. The van der Waals surface area contributed by atoms with Gasteiger partial charge >= 0.3 is 5.54 Å². The van der Waals surface area contributed by atoms with Gasteiger partial charge in [-0.3, -0.25) is 15.1 Å². The number of nitrogens with two attached hydrogens (primary N) is 1. The minimum Gasteiger partial charge on any atom is -0.398 e. The van der Waals surface area contributed by atoms with Crippen LogP contribution >= 0.6 is 36.4 Å². The normalized spacial score (nSPS) is 22.2. The number of rotatable bonds is 2. The summed E-state index contributed by atoms with van der Waals surface area (Å²) in [7, 11) is 0. The average molecular weight is 375 g/mol. The van der Waals surface area contributed by atoms with E-state index in [9.17, 15) is 10.1 Å². The van der Waals surface area contributed by atoms with E-state index < -0.39 is 16.0 Å². The summed E-state index contributed by atoms with van der Waals surface area (Å²) in [5.41, 5.74) is 4.42. The first-order valence-electron chi connectivity index (χ1n) is 6.34. The lowest BCUT2D eigenvalue weighted by Gasteiger charge is -2.27. The number of fused-ring (bicyclic) bond motifs is 1. The Morgan fingerprint density at radius 2 is 1.83 bits per heavy atom. The summed E-state index contributed by atoms with van der Waals surface area (Å²) in [6.45, 7) is 0. The highest BCUT2D eigenvalue weighted by Gasteiger charge is 2.51. The molecule has 0 aliphatic carbocycles. The first kappa shape index (κ1) is 19.2. The highest BCUT2D eigenvalue weighted by molar-refractivity contribution is 6.22. The summed E-state index contributed by atoms with van der Waals surface area (Å²) in [6.07, 6.45) is 4.50. The molecule has 0 radical (unpaired) electrons. The Bertz CT molecular complexity index is 795. The molecule has 1 aliphatic heterocycles. The van der Waals surface area contributed by atoms with Gasteiger partial charge in [0.25, 0.3) is 0 Å². The zero-order valence-corrected chi connectivity index (χ0v) is 14.1. The van der Waals surface area contributed by atoms with Gasteiger partial charge in [-0.1, -0.05) is 35.9 Å². The third-order valence-electron chi connectivity index (χ3n) is 3.71. The molecule has 2 aromatic rings. The summed E-state index contributed by atoms with van der Waals surface area (Å²) in [4.78, 5) is 15.4. The molecule has 0 aromatic heterocycles. The van der Waals surface area contributed by atoms with E-state index in [1.165, 1.54) is 12.3 Å². The van der Waals surface area contributed by atoms with E-state index >= 15 is 0 Å². The van der Waals surface area contributed by atoms with Gasteiger partial charge in [0, 0.05) is 33.9 Å². The van der Waals surface area contributed by atoms with Crippen molar-refractivity contribution in [3.8, 4) is 0 Å². The molecule has 8 heteroatoms. The summed E-state index contributed by atoms with van der Waals surface area (Å²) in [5.74, 6) is 0. The van der Waals surface area contributed by atoms with Crippen LogP contribution < -0.4 is 5.73 Å². The maximum Gasteiger partial charge on any atom is 0.301 e. The number of allylic oxidation sites excluding steroid dienone is 1. The topological polar surface area (TPSA) is 81.5 Å². The number of nitrogens with zero attached hydrogens (tertiary/aromatic N) is 2. The number of alkyl halides is 1. The van der Waals surface area contributed by atoms with Crippen LogP contribution in [0, 0.1) is 10.1 Å². The first-order valence-corrected chi connectivity index (χ1v) is 6.78. The van der Waals surface area contributed by atoms with E-state index in [-0.39, 0.29) is 24.8 Å². The van der Waals surface area contributed by atoms with Gasteiger partial charge in [-0.15, -0.1) is 24.8 Å². The lowest BCUT2D eigenvalue weighted by Crippen LogP contribution is -2.42. The van der Waals surface area contributed by atoms with Crippen molar-refractivity contribution >= 4 is 59.1 Å². The molecule has 0 fully saturated rings. The van der Waals surface area contributed by atoms with Crippen molar-refractivity contribution < 1.29 is 4.92 Å². The van der Waals surface area contributed by atoms with E-state index in [2.05, 4.69) is 4.99 Å². The highest BCUT2D eigenvalue weighted by Crippen LogP contribution is 2.40. The van der Waals surface area contributed by atoms with Crippen molar-refractivity contribution in [3.63, 3.8) is 0 Å². The quantitative estimate of drug-likeness (QED) is 0.284. The number of nitrogen functional groups attached to an aromatic ring is 1. The number of halogens is 3. The molecule has 2 unspecified atom stereocenters. The molecule has 23 heavy (non-hydrogen) atoms. The van der Waals surface area contributed by atoms with Gasteiger partial charge in [0.1, 0.15) is 0 Å². The highest BCUT2D eigenvalue weighted by atomic mass is 35.5. The zero-order chi connectivity index (χ0) is 15.0. The fourth-order valence-electron chi connectivity index (χ4n) is 2.64. The minimum absolute atomic E-state index is 0. The van der Waals surface area contributed by atoms with E-state index in [0.717, 1.165) is 5.39 Å². The van der Waals surface area contributed by atoms with Crippen LogP contribution in [-0.4, -0.2) is 16.6 Å². The first-order chi connectivity index (χ1) is 10.1. The van der Waals surface area contributed by atoms with Gasteiger partial charge in [-0.2, -0.15) is 0 Å². The Hall–Kier alpha value is -1.82. The molecule has 2 aromatic carbocycles. The summed E-state index contributed by atoms with van der Waals surface area (Å²) < 4.78 is 0. The van der Waals surface area contributed by atoms with Gasteiger partial charge < -0.3 is 5.73 Å². The molecule has 0 amide bonds. The molecule has 5 nitrogen and oxygen atoms in total. The number of anilines is 1. The second-order valence-electron chi connectivity index (χ2n) is 4.82. The average Bonchev–Trinajstić information content (AvgIpc) is 2.49. The second-order valence-corrected chi connectivity index (χ2v) is 5.24. The Balaban J connectivity index is 0.00000132. The molecule has 0 bridgehead atoms. The van der Waals surface area contributed by atoms with E-state index in [0.29, 0.717) is 16.6 Å². The molecule has 0 saturated heterocycles. The number of dihydropyridines is 1. The molecule has 2 atom stereocenters. The summed E-state index contributed by atoms with van der Waals surface area (Å²) >= 11 is 6.19. The molecule has 122 valence electrons. The molecule has 1 heterocycles. The third-order valence-corrected chi connectivity index (χ3v) is 4.15. The fraction of sp³-hybridized carbons (Fsp3) is 0.133. The van der Waals surface area contributed by atoms with E-state index in [1.807, 2.05) is 24.3 Å². The molecule has 2 N–H and O–H groups in total. The monoisotopic (exact) mass is 373 g/mol. The van der Waals surface area contributed by atoms with Crippen LogP contribution in [0.3, 0.4) is 0 Å². The third kappa shape index (κ3) is 2.87. The van der Waals surface area contributed by atoms with Crippen molar-refractivity contribution in [2.24, 2.45) is 4.99 Å². The van der Waals surface area contributed by atoms with E-state index in [1.54, 1.807) is 18.2 Å². The van der Waals surface area contributed by atoms with Gasteiger partial charge in [0.2, 0.25) is 5.50 Å². The molecular weight excluding hydrogens is 361 g/mol. The van der Waals surface area contributed by atoms with Crippen LogP contribution in [0.5, 0.6) is 0 Å². The Morgan fingerprint density at radius 1 is 1.17 bits per heavy atom. The van der Waals surface area contributed by atoms with Crippen molar-refractivity contribution in [1.29, 1.82) is 0 Å². The fourth-order valence-corrected chi connectivity index (χ4v) is 2.98. The van der Waals surface area contributed by atoms with Crippen LogP contribution in [-0.2, 0) is 5.54 Å². The van der Waals surface area contributed by atoms with Gasteiger partial charge in [0.05, 0.1) is 0 Å². The van der Waals surface area contributed by atoms with Gasteiger partial charge in [0.15, 0.2) is 0 Å². The maximum atomic E-state index is 11.8. The second kappa shape index (κ2) is 7.17. The van der Waals surface area contributed by atoms with Crippen molar-refractivity contribution in [2.75, 3.05) is 5.73 Å². The minimum atomic E-state index is -1.59. The predicted octanol–water partition coefficient (Wildman–Crippen LogP) is 3.94. The van der Waals surface area contributed by atoms with Crippen molar-refractivity contribution in [1.82, 2.24) is 0 Å². The smallest absolute Gasteiger partial charge is 0.301 e. The van der Waals surface area contributed by atoms with E-state index in [4.69, 9.17) is 17.3 Å². The van der Waals surface area contributed by atoms with Gasteiger partial charge in [-0.25, -0.2) is 0 Å². The number of benzene rings is 2. The van der Waals surface area contributed by atoms with Crippen molar-refractivity contribution in [3.05, 3.63) is 64.2 Å². The molecule has 1 aliphatic rings. The van der Waals surface area contributed by atoms with Crippen LogP contribution in [0.1, 0.15) is 5.56 Å². The standard InChI is InChI=1S/C15H12ClN3O2.2ClH/c16-14-15(19(20)21,8-3-9-18-14)12-6-7-13(17)11-5-2-1-4-10(11)12;;/h1-9,14H,17H2;2*1H. The van der Waals surface area contributed by atoms with Gasteiger partial charge in [-0.05, 0) is 23.6 Å². The summed E-state index contributed by atoms with van der Waals surface area (Å²) in [5, 5.41) is 13.3. The molecule has 0 spiro atoms. The predicted molar refractivity (Wildman–Crippen MR) is 98.8 cm³/mol. The zero-order valence-electron chi connectivity index (χ0n) is 11.8. The summed E-state index contributed by atoms with van der Waals surface area (Å²) in [6, 6.07) is 10.6. The SMILES string of the molecule is Cl.Cl.Nc1ccc(C2([N+](=O)[O-])C=CC=NC2Cl)c2ccccc12. The van der Waals surface area contributed by atoms with Crippen LogP contribution in [0.4, 0.5) is 5.69 Å². The Kier molecular flexibility index (Phi) is 5.99. The van der Waals surface area contributed by atoms with Crippen LogP contribution in [0.15, 0.2) is 53.5 Å². The molecule has 0 saturated carbocycles. The lowest BCUT2D eigenvalue weighted by atomic mass is 9.84. The van der Waals surface area contributed by atoms with Crippen LogP contribution in [0.2, 0.25) is 0 Å². The molecular formula is C15H14Cl3N3O2. The Labute approximate surface area is 150 Å². The lowest BCUT2D eigenvalue weighted by molar-refractivity contribution is -0.563. The number of nitro groups is 1. The number of aliphatic imine (C=N–C) groups is 1. The number of hydrogen-bond acceptors (Lipinski definition) is 4. The Morgan fingerprint density at radius 3 is 2.43 bits per heavy atom.